The van der Waals surface area contributed by atoms with Crippen molar-refractivity contribution in [2.45, 2.75) is 52.4 Å². The zero-order valence-corrected chi connectivity index (χ0v) is 8.31. The van der Waals surface area contributed by atoms with Crippen LogP contribution in [0, 0.1) is 0 Å². The highest BCUT2D eigenvalue weighted by Crippen LogP contribution is 2.08. The summed E-state index contributed by atoms with van der Waals surface area (Å²) in [5.74, 6) is 0. The molecule has 0 aromatic rings. The molecule has 0 amide bonds. The lowest BCUT2D eigenvalue weighted by atomic mass is 10.1. The molecule has 12 heavy (non-hydrogen) atoms. The molecule has 1 heteroatoms. The fraction of sp³-hybridized carbons (Fsp3) is 0.727. The first-order chi connectivity index (χ1) is 5.85. The van der Waals surface area contributed by atoms with E-state index in [9.17, 15) is 4.79 Å². The third-order valence-corrected chi connectivity index (χ3v) is 1.94. The van der Waals surface area contributed by atoms with Crippen LogP contribution in [0.2, 0.25) is 0 Å². The summed E-state index contributed by atoms with van der Waals surface area (Å²) in [6.07, 6.45) is 9.93. The maximum atomic E-state index is 10.5. The highest BCUT2D eigenvalue weighted by molar-refractivity contribution is 5.72. The van der Waals surface area contributed by atoms with Gasteiger partial charge in [-0.1, -0.05) is 39.2 Å². The fourth-order valence-corrected chi connectivity index (χ4v) is 1.23. The van der Waals surface area contributed by atoms with E-state index < -0.39 is 0 Å². The standard InChI is InChI=1S/C11H20O/c1-3-5-6-7-9-11(10-12)8-4-2/h8,10H,3-7,9H2,1-2H3/b11-8-. The monoisotopic (exact) mass is 168 g/mol. The van der Waals surface area contributed by atoms with Crippen molar-refractivity contribution in [3.8, 4) is 0 Å². The molecule has 0 bridgehead atoms. The molecule has 0 aliphatic heterocycles. The number of aldehydes is 1. The number of hydrogen-bond acceptors (Lipinski definition) is 1. The summed E-state index contributed by atoms with van der Waals surface area (Å²) in [5, 5.41) is 0. The van der Waals surface area contributed by atoms with Crippen LogP contribution in [0.25, 0.3) is 0 Å². The zero-order valence-electron chi connectivity index (χ0n) is 8.31. The van der Waals surface area contributed by atoms with Crippen molar-refractivity contribution < 1.29 is 4.79 Å². The summed E-state index contributed by atoms with van der Waals surface area (Å²) < 4.78 is 0. The topological polar surface area (TPSA) is 17.1 Å². The van der Waals surface area contributed by atoms with Crippen LogP contribution in [-0.4, -0.2) is 6.29 Å². The van der Waals surface area contributed by atoms with Gasteiger partial charge >= 0.3 is 0 Å². The molecule has 0 N–H and O–H groups in total. The van der Waals surface area contributed by atoms with E-state index in [0.717, 1.165) is 24.7 Å². The van der Waals surface area contributed by atoms with Crippen LogP contribution < -0.4 is 0 Å². The predicted octanol–water partition coefficient (Wildman–Crippen LogP) is 3.49. The van der Waals surface area contributed by atoms with Crippen molar-refractivity contribution in [3.05, 3.63) is 11.6 Å². The summed E-state index contributed by atoms with van der Waals surface area (Å²) in [6.45, 7) is 4.26. The molecule has 0 aliphatic rings. The van der Waals surface area contributed by atoms with Crippen LogP contribution in [-0.2, 0) is 4.79 Å². The lowest BCUT2D eigenvalue weighted by molar-refractivity contribution is -0.105. The molecule has 0 saturated carbocycles. The van der Waals surface area contributed by atoms with Crippen LogP contribution in [0.15, 0.2) is 11.6 Å². The van der Waals surface area contributed by atoms with Gasteiger partial charge in [0.2, 0.25) is 0 Å². The Hall–Kier alpha value is -0.590. The van der Waals surface area contributed by atoms with E-state index in [2.05, 4.69) is 13.8 Å². The maximum absolute atomic E-state index is 10.5. The van der Waals surface area contributed by atoms with Gasteiger partial charge < -0.3 is 0 Å². The van der Waals surface area contributed by atoms with Crippen molar-refractivity contribution in [2.75, 3.05) is 0 Å². The highest BCUT2D eigenvalue weighted by Gasteiger charge is 1.93. The average molecular weight is 168 g/mol. The van der Waals surface area contributed by atoms with Gasteiger partial charge in [-0.05, 0) is 24.8 Å². The Balaban J connectivity index is 3.45. The minimum Gasteiger partial charge on any atom is -0.298 e. The Morgan fingerprint density at radius 2 is 1.92 bits per heavy atom. The molecule has 0 atom stereocenters. The van der Waals surface area contributed by atoms with Crippen molar-refractivity contribution in [1.82, 2.24) is 0 Å². The molecule has 0 spiro atoms. The molecular weight excluding hydrogens is 148 g/mol. The van der Waals surface area contributed by atoms with Crippen molar-refractivity contribution in [1.29, 1.82) is 0 Å². The quantitative estimate of drug-likeness (QED) is 0.323. The number of carbonyl (C=O) groups is 1. The number of hydrogen-bond donors (Lipinski definition) is 0. The van der Waals surface area contributed by atoms with Gasteiger partial charge in [-0.15, -0.1) is 0 Å². The van der Waals surface area contributed by atoms with Gasteiger partial charge in [0.05, 0.1) is 0 Å². The van der Waals surface area contributed by atoms with Crippen LogP contribution in [0.3, 0.4) is 0 Å². The molecule has 0 aliphatic carbocycles. The summed E-state index contributed by atoms with van der Waals surface area (Å²) in [7, 11) is 0. The summed E-state index contributed by atoms with van der Waals surface area (Å²) in [4.78, 5) is 10.5. The third kappa shape index (κ3) is 6.14. The van der Waals surface area contributed by atoms with Gasteiger partial charge in [0.15, 0.2) is 0 Å². The van der Waals surface area contributed by atoms with E-state index in [1.165, 1.54) is 25.7 Å². The smallest absolute Gasteiger partial charge is 0.145 e. The first kappa shape index (κ1) is 11.4. The Labute approximate surface area is 75.9 Å². The molecule has 0 radical (unpaired) electrons. The molecule has 1 nitrogen and oxygen atoms in total. The molecule has 0 saturated heterocycles. The van der Waals surface area contributed by atoms with Gasteiger partial charge in [-0.3, -0.25) is 4.79 Å². The van der Waals surface area contributed by atoms with Crippen LogP contribution in [0.1, 0.15) is 52.4 Å². The normalized spacial score (nSPS) is 11.7. The second-order valence-electron chi connectivity index (χ2n) is 3.12. The van der Waals surface area contributed by atoms with Crippen LogP contribution in [0.5, 0.6) is 0 Å². The number of rotatable bonds is 7. The van der Waals surface area contributed by atoms with Gasteiger partial charge in [-0.25, -0.2) is 0 Å². The molecular formula is C11H20O. The Morgan fingerprint density at radius 1 is 1.17 bits per heavy atom. The van der Waals surface area contributed by atoms with Gasteiger partial charge in [0, 0.05) is 0 Å². The van der Waals surface area contributed by atoms with E-state index in [4.69, 9.17) is 0 Å². The third-order valence-electron chi connectivity index (χ3n) is 1.94. The lowest BCUT2D eigenvalue weighted by Crippen LogP contribution is -1.85. The summed E-state index contributed by atoms with van der Waals surface area (Å²) in [5.41, 5.74) is 0.980. The summed E-state index contributed by atoms with van der Waals surface area (Å²) >= 11 is 0. The molecule has 0 fully saturated rings. The average Bonchev–Trinajstić information content (AvgIpc) is 2.10. The van der Waals surface area contributed by atoms with E-state index in [-0.39, 0.29) is 0 Å². The fourth-order valence-electron chi connectivity index (χ4n) is 1.23. The highest BCUT2D eigenvalue weighted by atomic mass is 16.1. The SMILES string of the molecule is CC/C=C(\C=O)CCCCCC. The Bertz CT molecular complexity index is 136. The molecule has 0 heterocycles. The minimum atomic E-state index is 0.970. The first-order valence-corrected chi connectivity index (χ1v) is 4.99. The van der Waals surface area contributed by atoms with Crippen molar-refractivity contribution >= 4 is 6.29 Å². The maximum Gasteiger partial charge on any atom is 0.145 e. The van der Waals surface area contributed by atoms with E-state index in [1.807, 2.05) is 6.08 Å². The Morgan fingerprint density at radius 3 is 2.42 bits per heavy atom. The predicted molar refractivity (Wildman–Crippen MR) is 53.2 cm³/mol. The Kier molecular flexibility index (Phi) is 8.09. The van der Waals surface area contributed by atoms with Gasteiger partial charge in [0.1, 0.15) is 6.29 Å². The first-order valence-electron chi connectivity index (χ1n) is 4.99. The summed E-state index contributed by atoms with van der Waals surface area (Å²) in [6, 6.07) is 0. The van der Waals surface area contributed by atoms with Crippen molar-refractivity contribution in [3.63, 3.8) is 0 Å². The number of carbonyl (C=O) groups excluding carboxylic acids is 1. The van der Waals surface area contributed by atoms with E-state index in [0.29, 0.717) is 0 Å². The molecule has 0 unspecified atom stereocenters. The van der Waals surface area contributed by atoms with E-state index in [1.54, 1.807) is 0 Å². The second kappa shape index (κ2) is 8.51. The molecule has 0 rings (SSSR count). The van der Waals surface area contributed by atoms with Crippen LogP contribution in [0.4, 0.5) is 0 Å². The molecule has 70 valence electrons. The van der Waals surface area contributed by atoms with Crippen molar-refractivity contribution in [2.24, 2.45) is 0 Å². The molecule has 0 aromatic heterocycles. The second-order valence-corrected chi connectivity index (χ2v) is 3.12. The number of allylic oxidation sites excluding steroid dienone is 2. The van der Waals surface area contributed by atoms with E-state index >= 15 is 0 Å². The minimum absolute atomic E-state index is 0.970. The largest absolute Gasteiger partial charge is 0.298 e. The van der Waals surface area contributed by atoms with Crippen LogP contribution >= 0.6 is 0 Å². The van der Waals surface area contributed by atoms with Gasteiger partial charge in [0.25, 0.3) is 0 Å². The molecule has 0 aromatic carbocycles. The lowest BCUT2D eigenvalue weighted by Gasteiger charge is -1.98. The van der Waals surface area contributed by atoms with Gasteiger partial charge in [-0.2, -0.15) is 0 Å². The number of unbranched alkanes of at least 4 members (excludes halogenated alkanes) is 3. The zero-order chi connectivity index (χ0) is 9.23.